The monoisotopic (exact) mass is 512 g/mol. The third kappa shape index (κ3) is 4.32. The number of aromatic nitrogens is 2. The van der Waals surface area contributed by atoms with Gasteiger partial charge >= 0.3 is 5.91 Å². The summed E-state index contributed by atoms with van der Waals surface area (Å²) in [5.74, 6) is -0.515. The fraction of sp³-hybridized carbons (Fsp3) is 0.207. The summed E-state index contributed by atoms with van der Waals surface area (Å²) in [6.07, 6.45) is 0. The Kier molecular flexibility index (Phi) is 6.50. The molecule has 9 heteroatoms. The molecular formula is C29H28N4O5. The third-order valence-electron chi connectivity index (χ3n) is 6.49. The molecule has 1 unspecified atom stereocenters. The summed E-state index contributed by atoms with van der Waals surface area (Å²) in [4.78, 5) is 38.0. The molecule has 2 N–H and O–H groups in total. The van der Waals surface area contributed by atoms with Crippen LogP contribution >= 0.6 is 0 Å². The van der Waals surface area contributed by atoms with Crippen LogP contribution in [0.5, 0.6) is 11.5 Å². The summed E-state index contributed by atoms with van der Waals surface area (Å²) in [5, 5.41) is 11.4. The number of ketones is 1. The van der Waals surface area contributed by atoms with Gasteiger partial charge in [0.15, 0.2) is 0 Å². The number of hydrogen-bond donors (Lipinski definition) is 2. The number of methoxy groups -OCH3 is 1. The van der Waals surface area contributed by atoms with Crippen LogP contribution in [-0.4, -0.2) is 54.6 Å². The van der Waals surface area contributed by atoms with Gasteiger partial charge in [-0.3, -0.25) is 14.5 Å². The van der Waals surface area contributed by atoms with Crippen molar-refractivity contribution in [3.05, 3.63) is 83.4 Å². The van der Waals surface area contributed by atoms with Gasteiger partial charge in [-0.15, -0.1) is 0 Å². The average molecular weight is 513 g/mol. The second kappa shape index (κ2) is 9.93. The molecule has 1 atom stereocenters. The number of rotatable bonds is 7. The van der Waals surface area contributed by atoms with Crippen molar-refractivity contribution in [2.24, 2.45) is 0 Å². The van der Waals surface area contributed by atoms with Crippen LogP contribution in [0, 0.1) is 0 Å². The number of hydrogen-bond acceptors (Lipinski definition) is 7. The highest BCUT2D eigenvalue weighted by Gasteiger charge is 2.48. The number of amides is 1. The van der Waals surface area contributed by atoms with Gasteiger partial charge in [-0.2, -0.15) is 0 Å². The molecule has 0 bridgehead atoms. The quantitative estimate of drug-likeness (QED) is 0.211. The molecule has 3 aromatic carbocycles. The second-order valence-corrected chi connectivity index (χ2v) is 9.06. The Morgan fingerprint density at radius 2 is 1.82 bits per heavy atom. The number of anilines is 2. The van der Waals surface area contributed by atoms with E-state index in [2.05, 4.69) is 9.97 Å². The highest BCUT2D eigenvalue weighted by molar-refractivity contribution is 6.51. The van der Waals surface area contributed by atoms with E-state index in [9.17, 15) is 14.7 Å². The van der Waals surface area contributed by atoms with Gasteiger partial charge in [0.2, 0.25) is 5.95 Å². The lowest BCUT2D eigenvalue weighted by Crippen LogP contribution is -2.30. The van der Waals surface area contributed by atoms with Gasteiger partial charge < -0.3 is 24.5 Å². The molecule has 1 aliphatic heterocycles. The van der Waals surface area contributed by atoms with Crippen LogP contribution < -0.4 is 19.3 Å². The number of ether oxygens (including phenoxy) is 2. The first-order valence-corrected chi connectivity index (χ1v) is 12.2. The molecule has 9 nitrogen and oxygen atoms in total. The molecule has 38 heavy (non-hydrogen) atoms. The molecule has 1 aliphatic rings. The van der Waals surface area contributed by atoms with Gasteiger partial charge in [0.1, 0.15) is 17.3 Å². The predicted molar refractivity (Wildman–Crippen MR) is 146 cm³/mol. The number of aliphatic hydroxyl groups is 1. The summed E-state index contributed by atoms with van der Waals surface area (Å²) >= 11 is 0. The summed E-state index contributed by atoms with van der Waals surface area (Å²) in [7, 11) is 5.42. The van der Waals surface area contributed by atoms with E-state index in [1.807, 2.05) is 50.2 Å². The molecule has 194 valence electrons. The van der Waals surface area contributed by atoms with Crippen LogP contribution in [0.2, 0.25) is 0 Å². The van der Waals surface area contributed by atoms with Crippen molar-refractivity contribution in [3.63, 3.8) is 0 Å². The highest BCUT2D eigenvalue weighted by Crippen LogP contribution is 2.42. The van der Waals surface area contributed by atoms with Crippen molar-refractivity contribution >= 4 is 40.1 Å². The fourth-order valence-corrected chi connectivity index (χ4v) is 4.59. The average Bonchev–Trinajstić information content (AvgIpc) is 3.46. The van der Waals surface area contributed by atoms with Gasteiger partial charge in [-0.1, -0.05) is 24.3 Å². The number of imidazole rings is 1. The lowest BCUT2D eigenvalue weighted by Gasteiger charge is -2.24. The smallest absolute Gasteiger partial charge is 0.302 e. The standard InChI is InChI=1S/C29H28N4O5/c1-5-38-21-8-6-7-18(15-21)26(34)24-25(17-9-11-19(12-10-17)32(2)3)33(28(36)27(24)35)29-30-22-14-13-20(37-4)16-23(22)31-29/h6-16,25,34H,5H2,1-4H3,(H,30,31)/b26-24+. The van der Waals surface area contributed by atoms with E-state index < -0.39 is 17.7 Å². The van der Waals surface area contributed by atoms with Crippen LogP contribution in [0.1, 0.15) is 24.1 Å². The van der Waals surface area contributed by atoms with Crippen LogP contribution in [-0.2, 0) is 9.59 Å². The number of aliphatic hydroxyl groups excluding tert-OH is 1. The van der Waals surface area contributed by atoms with E-state index in [1.54, 1.807) is 49.6 Å². The molecule has 5 rings (SSSR count). The Morgan fingerprint density at radius 1 is 1.05 bits per heavy atom. The largest absolute Gasteiger partial charge is 0.507 e. The summed E-state index contributed by atoms with van der Waals surface area (Å²) in [6.45, 7) is 2.31. The van der Waals surface area contributed by atoms with E-state index in [0.29, 0.717) is 40.3 Å². The molecule has 1 amide bonds. The maximum absolute atomic E-state index is 13.5. The van der Waals surface area contributed by atoms with Crippen molar-refractivity contribution in [1.29, 1.82) is 0 Å². The number of Topliss-reactive ketones (excluding diaryl/α,β-unsaturated/α-hetero) is 1. The molecule has 0 spiro atoms. The summed E-state index contributed by atoms with van der Waals surface area (Å²) in [6, 6.07) is 18.7. The fourth-order valence-electron chi connectivity index (χ4n) is 4.59. The maximum Gasteiger partial charge on any atom is 0.302 e. The van der Waals surface area contributed by atoms with Crippen molar-refractivity contribution in [2.75, 3.05) is 37.6 Å². The number of fused-ring (bicyclic) bond motifs is 1. The Balaban J connectivity index is 1.69. The Labute approximate surface area is 219 Å². The number of nitrogens with zero attached hydrogens (tertiary/aromatic N) is 3. The van der Waals surface area contributed by atoms with E-state index in [1.165, 1.54) is 4.90 Å². The Hall–Kier alpha value is -4.79. The zero-order valence-corrected chi connectivity index (χ0v) is 21.6. The summed E-state index contributed by atoms with van der Waals surface area (Å²) < 4.78 is 10.9. The van der Waals surface area contributed by atoms with Crippen molar-refractivity contribution in [3.8, 4) is 11.5 Å². The molecule has 1 aromatic heterocycles. The van der Waals surface area contributed by atoms with Crippen LogP contribution in [0.15, 0.2) is 72.3 Å². The van der Waals surface area contributed by atoms with Crippen LogP contribution in [0.3, 0.4) is 0 Å². The first-order chi connectivity index (χ1) is 18.3. The molecule has 1 fully saturated rings. The van der Waals surface area contributed by atoms with Gasteiger partial charge in [0.05, 0.1) is 36.4 Å². The van der Waals surface area contributed by atoms with Crippen LogP contribution in [0.4, 0.5) is 11.6 Å². The van der Waals surface area contributed by atoms with E-state index in [4.69, 9.17) is 9.47 Å². The zero-order chi connectivity index (χ0) is 27.0. The number of carbonyl (C=O) groups is 2. The lowest BCUT2D eigenvalue weighted by atomic mass is 9.95. The van der Waals surface area contributed by atoms with Crippen LogP contribution in [0.25, 0.3) is 16.8 Å². The second-order valence-electron chi connectivity index (χ2n) is 9.06. The van der Waals surface area contributed by atoms with Gasteiger partial charge in [-0.25, -0.2) is 4.98 Å². The van der Waals surface area contributed by atoms with Crippen molar-refractivity contribution in [2.45, 2.75) is 13.0 Å². The maximum atomic E-state index is 13.5. The first kappa shape index (κ1) is 24.9. The highest BCUT2D eigenvalue weighted by atomic mass is 16.5. The van der Waals surface area contributed by atoms with Gasteiger partial charge in [0.25, 0.3) is 5.78 Å². The van der Waals surface area contributed by atoms with Crippen molar-refractivity contribution in [1.82, 2.24) is 9.97 Å². The minimum Gasteiger partial charge on any atom is -0.507 e. The molecule has 0 radical (unpaired) electrons. The number of benzene rings is 3. The van der Waals surface area contributed by atoms with Gasteiger partial charge in [0, 0.05) is 31.4 Å². The SMILES string of the molecule is CCOc1cccc(/C(O)=C2\C(=O)C(=O)N(c3nc4ccc(OC)cc4[nH]3)C2c2ccc(N(C)C)cc2)c1. The Morgan fingerprint density at radius 3 is 2.50 bits per heavy atom. The third-order valence-corrected chi connectivity index (χ3v) is 6.49. The lowest BCUT2D eigenvalue weighted by molar-refractivity contribution is -0.132. The Bertz CT molecular complexity index is 1550. The minimum atomic E-state index is -0.913. The van der Waals surface area contributed by atoms with E-state index in [-0.39, 0.29) is 17.3 Å². The van der Waals surface area contributed by atoms with Crippen molar-refractivity contribution < 1.29 is 24.2 Å². The zero-order valence-electron chi connectivity index (χ0n) is 21.6. The molecule has 0 aliphatic carbocycles. The molecule has 1 saturated heterocycles. The van der Waals surface area contributed by atoms with E-state index in [0.717, 1.165) is 5.69 Å². The number of carbonyl (C=O) groups excluding carboxylic acids is 2. The molecule has 0 saturated carbocycles. The normalized spacial score (nSPS) is 16.7. The summed E-state index contributed by atoms with van der Waals surface area (Å²) in [5.41, 5.74) is 3.19. The number of H-pyrrole nitrogens is 1. The first-order valence-electron chi connectivity index (χ1n) is 12.2. The van der Waals surface area contributed by atoms with Gasteiger partial charge in [-0.05, 0) is 48.9 Å². The molecule has 2 heterocycles. The predicted octanol–water partition coefficient (Wildman–Crippen LogP) is 4.66. The van der Waals surface area contributed by atoms with E-state index >= 15 is 0 Å². The molecular weight excluding hydrogens is 484 g/mol. The number of aromatic amines is 1. The number of nitrogens with one attached hydrogen (secondary N) is 1. The molecule has 4 aromatic rings. The minimum absolute atomic E-state index is 0.0284. The topological polar surface area (TPSA) is 108 Å².